The molecule has 2 rings (SSSR count). The van der Waals surface area contributed by atoms with E-state index in [0.29, 0.717) is 5.78 Å². The summed E-state index contributed by atoms with van der Waals surface area (Å²) in [5, 5.41) is 0. The Morgan fingerprint density at radius 2 is 1.23 bits per heavy atom. The summed E-state index contributed by atoms with van der Waals surface area (Å²) in [5.41, 5.74) is 0.436. The lowest BCUT2D eigenvalue weighted by Crippen LogP contribution is -2.18. The molecule has 2 aliphatic rings. The summed E-state index contributed by atoms with van der Waals surface area (Å²) in [7, 11) is 0. The molecule has 0 aliphatic heterocycles. The number of carbonyl (C=O) groups excluding carboxylic acids is 1. The number of hydrogen-bond acceptors (Lipinski definition) is 1. The molecule has 2 atom stereocenters. The standard InChI is InChI=1S/C12H20O/c1-9(2,3)11-7-12(11,8(11)13)10(4,5)6/h7H2,1-6H3. The van der Waals surface area contributed by atoms with Crippen LogP contribution in [0.5, 0.6) is 0 Å². The van der Waals surface area contributed by atoms with Gasteiger partial charge in [0.05, 0.1) is 0 Å². The van der Waals surface area contributed by atoms with Gasteiger partial charge >= 0.3 is 0 Å². The third-order valence-corrected chi connectivity index (χ3v) is 4.41. The van der Waals surface area contributed by atoms with Gasteiger partial charge in [-0.25, -0.2) is 0 Å². The molecule has 0 N–H and O–H groups in total. The molecule has 2 unspecified atom stereocenters. The van der Waals surface area contributed by atoms with Gasteiger partial charge in [0, 0.05) is 10.8 Å². The Kier molecular flexibility index (Phi) is 1.23. The van der Waals surface area contributed by atoms with Crippen molar-refractivity contribution in [3.05, 3.63) is 0 Å². The number of ketones is 1. The third kappa shape index (κ3) is 0.660. The molecule has 2 fully saturated rings. The van der Waals surface area contributed by atoms with Crippen LogP contribution in [0.15, 0.2) is 0 Å². The second kappa shape index (κ2) is 1.74. The Bertz CT molecular complexity index is 261. The van der Waals surface area contributed by atoms with Crippen LogP contribution in [0.3, 0.4) is 0 Å². The first-order chi connectivity index (χ1) is 5.61. The van der Waals surface area contributed by atoms with E-state index < -0.39 is 0 Å². The van der Waals surface area contributed by atoms with Crippen molar-refractivity contribution in [1.82, 2.24) is 0 Å². The third-order valence-electron chi connectivity index (χ3n) is 4.41. The maximum atomic E-state index is 11.9. The summed E-state index contributed by atoms with van der Waals surface area (Å²) in [6.07, 6.45) is 1.13. The van der Waals surface area contributed by atoms with Gasteiger partial charge in [0.1, 0.15) is 5.78 Å². The van der Waals surface area contributed by atoms with Crippen LogP contribution < -0.4 is 0 Å². The van der Waals surface area contributed by atoms with Crippen LogP contribution >= 0.6 is 0 Å². The molecular formula is C12H20O. The van der Waals surface area contributed by atoms with Gasteiger partial charge in [0.25, 0.3) is 0 Å². The minimum atomic E-state index is 0.0538. The Labute approximate surface area is 80.9 Å². The Balaban J connectivity index is 2.35. The summed E-state index contributed by atoms with van der Waals surface area (Å²) in [4.78, 5) is 11.9. The number of carbonyl (C=O) groups is 1. The van der Waals surface area contributed by atoms with Crippen LogP contribution in [0, 0.1) is 21.7 Å². The van der Waals surface area contributed by atoms with Gasteiger partial charge in [-0.2, -0.15) is 0 Å². The fourth-order valence-electron chi connectivity index (χ4n) is 3.38. The first-order valence-corrected chi connectivity index (χ1v) is 5.16. The van der Waals surface area contributed by atoms with Crippen LogP contribution in [0.2, 0.25) is 0 Å². The highest BCUT2D eigenvalue weighted by atomic mass is 16.2. The van der Waals surface area contributed by atoms with Gasteiger partial charge in [-0.05, 0) is 17.3 Å². The van der Waals surface area contributed by atoms with Gasteiger partial charge in [-0.1, -0.05) is 41.5 Å². The minimum absolute atomic E-state index is 0.0538. The summed E-state index contributed by atoms with van der Waals surface area (Å²) >= 11 is 0. The average Bonchev–Trinajstić information content (AvgIpc) is 2.64. The van der Waals surface area contributed by atoms with E-state index in [1.54, 1.807) is 0 Å². The van der Waals surface area contributed by atoms with Crippen molar-refractivity contribution < 1.29 is 4.79 Å². The second-order valence-corrected chi connectivity index (χ2v) is 6.82. The lowest BCUT2D eigenvalue weighted by molar-refractivity contribution is -0.120. The summed E-state index contributed by atoms with van der Waals surface area (Å²) in [6, 6.07) is 0. The molecule has 74 valence electrons. The van der Waals surface area contributed by atoms with E-state index in [1.807, 2.05) is 0 Å². The summed E-state index contributed by atoms with van der Waals surface area (Å²) in [6.45, 7) is 13.2. The largest absolute Gasteiger partial charge is 0.298 e. The highest BCUT2D eigenvalue weighted by Gasteiger charge is 2.97. The van der Waals surface area contributed by atoms with E-state index in [1.165, 1.54) is 0 Å². The summed E-state index contributed by atoms with van der Waals surface area (Å²) in [5.74, 6) is 0.528. The van der Waals surface area contributed by atoms with Crippen LogP contribution in [0.4, 0.5) is 0 Å². The molecular weight excluding hydrogens is 160 g/mol. The monoisotopic (exact) mass is 180 g/mol. The molecule has 2 saturated carbocycles. The van der Waals surface area contributed by atoms with Crippen LogP contribution in [-0.4, -0.2) is 5.78 Å². The predicted molar refractivity (Wildman–Crippen MR) is 53.4 cm³/mol. The molecule has 0 aromatic rings. The molecule has 0 aromatic carbocycles. The SMILES string of the molecule is CC(C)(C)C12CC1(C(C)(C)C)C2=O. The van der Waals surface area contributed by atoms with Gasteiger partial charge in [0.2, 0.25) is 0 Å². The molecule has 0 bridgehead atoms. The van der Waals surface area contributed by atoms with Crippen molar-refractivity contribution in [2.45, 2.75) is 48.0 Å². The number of rotatable bonds is 0. The smallest absolute Gasteiger partial charge is 0.148 e. The van der Waals surface area contributed by atoms with Gasteiger partial charge < -0.3 is 0 Å². The van der Waals surface area contributed by atoms with Gasteiger partial charge in [-0.3, -0.25) is 4.79 Å². The molecule has 13 heavy (non-hydrogen) atoms. The molecule has 0 heterocycles. The fraction of sp³-hybridized carbons (Fsp3) is 0.917. The fourth-order valence-corrected chi connectivity index (χ4v) is 3.38. The van der Waals surface area contributed by atoms with E-state index in [-0.39, 0.29) is 21.7 Å². The highest BCUT2D eigenvalue weighted by Crippen LogP contribution is 2.93. The molecule has 0 saturated heterocycles. The molecule has 0 spiro atoms. The van der Waals surface area contributed by atoms with E-state index in [2.05, 4.69) is 41.5 Å². The molecule has 0 aromatic heterocycles. The number of Topliss-reactive ketones (excluding diaryl/α,β-unsaturated/α-hetero) is 1. The zero-order chi connectivity index (χ0) is 10.3. The zero-order valence-electron chi connectivity index (χ0n) is 9.62. The lowest BCUT2D eigenvalue weighted by atomic mass is 9.81. The average molecular weight is 180 g/mol. The van der Waals surface area contributed by atoms with E-state index in [0.717, 1.165) is 6.42 Å². The van der Waals surface area contributed by atoms with Crippen molar-refractivity contribution in [3.63, 3.8) is 0 Å². The van der Waals surface area contributed by atoms with Crippen molar-refractivity contribution in [2.24, 2.45) is 21.7 Å². The zero-order valence-corrected chi connectivity index (χ0v) is 9.62. The number of hydrogen-bond donors (Lipinski definition) is 0. The van der Waals surface area contributed by atoms with Crippen molar-refractivity contribution in [1.29, 1.82) is 0 Å². The topological polar surface area (TPSA) is 17.1 Å². The maximum absolute atomic E-state index is 11.9. The van der Waals surface area contributed by atoms with Crippen molar-refractivity contribution in [2.75, 3.05) is 0 Å². The van der Waals surface area contributed by atoms with E-state index in [9.17, 15) is 4.79 Å². The molecule has 0 radical (unpaired) electrons. The highest BCUT2D eigenvalue weighted by molar-refractivity contribution is 6.17. The molecule has 1 heteroatoms. The normalized spacial score (nSPS) is 43.1. The second-order valence-electron chi connectivity index (χ2n) is 6.82. The van der Waals surface area contributed by atoms with Crippen LogP contribution in [0.1, 0.15) is 48.0 Å². The van der Waals surface area contributed by atoms with Crippen molar-refractivity contribution in [3.8, 4) is 0 Å². The van der Waals surface area contributed by atoms with Crippen molar-refractivity contribution >= 4 is 5.78 Å². The quantitative estimate of drug-likeness (QED) is 0.560. The minimum Gasteiger partial charge on any atom is -0.298 e. The number of fused-ring (bicyclic) bond motifs is 1. The summed E-state index contributed by atoms with van der Waals surface area (Å²) < 4.78 is 0. The Morgan fingerprint density at radius 3 is 1.31 bits per heavy atom. The predicted octanol–water partition coefficient (Wildman–Crippen LogP) is 3.04. The molecule has 2 aliphatic carbocycles. The first kappa shape index (κ1) is 9.23. The molecule has 1 nitrogen and oxygen atoms in total. The lowest BCUT2D eigenvalue weighted by Gasteiger charge is -2.21. The van der Waals surface area contributed by atoms with E-state index >= 15 is 0 Å². The van der Waals surface area contributed by atoms with Gasteiger partial charge in [0.15, 0.2) is 0 Å². The van der Waals surface area contributed by atoms with Gasteiger partial charge in [-0.15, -0.1) is 0 Å². The van der Waals surface area contributed by atoms with Crippen LogP contribution in [-0.2, 0) is 4.79 Å². The maximum Gasteiger partial charge on any atom is 0.148 e. The van der Waals surface area contributed by atoms with E-state index in [4.69, 9.17) is 0 Å². The Hall–Kier alpha value is -0.330. The first-order valence-electron chi connectivity index (χ1n) is 5.16. The van der Waals surface area contributed by atoms with Crippen LogP contribution in [0.25, 0.3) is 0 Å². The Morgan fingerprint density at radius 1 is 0.923 bits per heavy atom. The molecule has 0 amide bonds.